The third-order valence-electron chi connectivity index (χ3n) is 9.03. The SMILES string of the molecule is N=CC1=CC(C(=O)NCC(NC(=O)CCCCCNC(=O)CN(CCN(CCN(CC(=O)O)CC(=O)O)CC(=O)O)CC(=O)O)C(=O)O)=CCC1NCCCNc1ncc[nH]1. The number of aromatic amines is 1. The maximum Gasteiger partial charge on any atom is 0.328 e. The normalized spacial score (nSPS) is 14.1. The van der Waals surface area contributed by atoms with Gasteiger partial charge in [0.1, 0.15) is 6.04 Å². The number of nitrogens with zero attached hydrogens (tertiary/aromatic N) is 4. The fourth-order valence-corrected chi connectivity index (χ4v) is 6.02. The van der Waals surface area contributed by atoms with E-state index in [2.05, 4.69) is 36.6 Å². The zero-order valence-corrected chi connectivity index (χ0v) is 33.8. The van der Waals surface area contributed by atoms with Crippen LogP contribution in [0.5, 0.6) is 0 Å². The van der Waals surface area contributed by atoms with Gasteiger partial charge in [0.15, 0.2) is 5.95 Å². The van der Waals surface area contributed by atoms with Gasteiger partial charge in [0.05, 0.1) is 32.7 Å². The van der Waals surface area contributed by atoms with Crippen LogP contribution in [0, 0.1) is 5.41 Å². The van der Waals surface area contributed by atoms with Gasteiger partial charge in [-0.3, -0.25) is 48.3 Å². The van der Waals surface area contributed by atoms with Crippen molar-refractivity contribution in [3.63, 3.8) is 0 Å². The number of carbonyl (C=O) groups is 8. The summed E-state index contributed by atoms with van der Waals surface area (Å²) in [6, 6.07) is -1.57. The molecule has 0 spiro atoms. The number of aliphatic carboxylic acids is 5. The number of carboxylic acid groups (broad SMARTS) is 5. The number of aromatic nitrogens is 2. The van der Waals surface area contributed by atoms with E-state index < -0.39 is 79.8 Å². The van der Waals surface area contributed by atoms with E-state index in [0.29, 0.717) is 50.3 Å². The molecule has 0 bridgehead atoms. The maximum atomic E-state index is 12.9. The van der Waals surface area contributed by atoms with Crippen LogP contribution in [0.3, 0.4) is 0 Å². The zero-order chi connectivity index (χ0) is 45.2. The summed E-state index contributed by atoms with van der Waals surface area (Å²) in [7, 11) is 0. The van der Waals surface area contributed by atoms with Crippen molar-refractivity contribution in [3.05, 3.63) is 35.7 Å². The summed E-state index contributed by atoms with van der Waals surface area (Å²) >= 11 is 0. The molecule has 2 atom stereocenters. The fraction of sp³-hybridized carbons (Fsp3) is 0.568. The number of nitrogens with one attached hydrogen (secondary N) is 7. The van der Waals surface area contributed by atoms with E-state index in [0.717, 1.165) is 17.5 Å². The van der Waals surface area contributed by atoms with E-state index in [1.54, 1.807) is 24.5 Å². The van der Waals surface area contributed by atoms with E-state index in [1.807, 2.05) is 0 Å². The van der Waals surface area contributed by atoms with Gasteiger partial charge in [0.2, 0.25) is 11.8 Å². The molecule has 61 heavy (non-hydrogen) atoms. The van der Waals surface area contributed by atoms with Crippen molar-refractivity contribution >= 4 is 59.7 Å². The predicted octanol–water partition coefficient (Wildman–Crippen LogP) is -2.32. The number of unbranched alkanes of at least 4 members (excludes halogenated alkanes) is 2. The molecule has 2 unspecified atom stereocenters. The van der Waals surface area contributed by atoms with Crippen LogP contribution in [-0.2, 0) is 38.4 Å². The number of rotatable bonds is 34. The number of imidazole rings is 1. The second kappa shape index (κ2) is 28.3. The smallest absolute Gasteiger partial charge is 0.328 e. The highest BCUT2D eigenvalue weighted by Crippen LogP contribution is 2.17. The Balaban J connectivity index is 1.72. The first kappa shape index (κ1) is 50.9. The van der Waals surface area contributed by atoms with Crippen LogP contribution in [0.15, 0.2) is 35.7 Å². The second-order valence-corrected chi connectivity index (χ2v) is 14.0. The van der Waals surface area contributed by atoms with Gasteiger partial charge in [0.25, 0.3) is 5.91 Å². The van der Waals surface area contributed by atoms with Gasteiger partial charge in [-0.15, -0.1) is 0 Å². The van der Waals surface area contributed by atoms with Crippen LogP contribution >= 0.6 is 0 Å². The molecular weight excluding hydrogens is 806 g/mol. The molecule has 3 amide bonds. The van der Waals surface area contributed by atoms with Crippen LogP contribution in [0.4, 0.5) is 5.95 Å². The molecule has 12 N–H and O–H groups in total. The van der Waals surface area contributed by atoms with Crippen molar-refractivity contribution in [1.82, 2.24) is 45.9 Å². The molecular formula is C37H57N11O13. The molecule has 0 saturated carbocycles. The molecule has 0 saturated heterocycles. The van der Waals surface area contributed by atoms with Crippen LogP contribution < -0.4 is 26.6 Å². The number of carboxylic acids is 5. The highest BCUT2D eigenvalue weighted by Gasteiger charge is 2.24. The number of hydrogen-bond acceptors (Lipinski definition) is 15. The lowest BCUT2D eigenvalue weighted by molar-refractivity contribution is -0.143. The number of hydrogen-bond donors (Lipinski definition) is 12. The molecule has 1 aliphatic rings. The first-order valence-electron chi connectivity index (χ1n) is 19.6. The molecule has 24 heteroatoms. The minimum absolute atomic E-state index is 0.0218. The Morgan fingerprint density at radius 3 is 1.93 bits per heavy atom. The van der Waals surface area contributed by atoms with Gasteiger partial charge in [0, 0.05) is 82.5 Å². The van der Waals surface area contributed by atoms with Crippen molar-refractivity contribution in [3.8, 4) is 0 Å². The molecule has 0 aliphatic heterocycles. The maximum absolute atomic E-state index is 12.9. The van der Waals surface area contributed by atoms with E-state index >= 15 is 0 Å². The summed E-state index contributed by atoms with van der Waals surface area (Å²) in [5, 5.41) is 68.2. The Hall–Kier alpha value is -6.24. The number of carbonyl (C=O) groups excluding carboxylic acids is 3. The highest BCUT2D eigenvalue weighted by atomic mass is 16.4. The number of H-pyrrole nitrogens is 1. The Labute approximate surface area is 351 Å². The molecule has 338 valence electrons. The van der Waals surface area contributed by atoms with Gasteiger partial charge in [-0.05, 0) is 43.9 Å². The number of anilines is 1. The van der Waals surface area contributed by atoms with E-state index in [1.165, 1.54) is 9.80 Å². The van der Waals surface area contributed by atoms with Gasteiger partial charge in [-0.25, -0.2) is 9.78 Å². The molecule has 0 aromatic carbocycles. The first-order valence-corrected chi connectivity index (χ1v) is 19.6. The first-order chi connectivity index (χ1) is 29.1. The van der Waals surface area contributed by atoms with Crippen LogP contribution in [-0.4, -0.2) is 201 Å². The highest BCUT2D eigenvalue weighted by molar-refractivity contribution is 5.99. The lowest BCUT2D eigenvalue weighted by Gasteiger charge is -2.27. The minimum Gasteiger partial charge on any atom is -0.480 e. The molecule has 1 aliphatic carbocycles. The van der Waals surface area contributed by atoms with E-state index in [-0.39, 0.29) is 63.8 Å². The molecule has 2 rings (SSSR count). The van der Waals surface area contributed by atoms with Gasteiger partial charge in [-0.1, -0.05) is 12.5 Å². The Morgan fingerprint density at radius 1 is 0.754 bits per heavy atom. The molecule has 24 nitrogen and oxygen atoms in total. The van der Waals surface area contributed by atoms with Crippen molar-refractivity contribution in [2.24, 2.45) is 0 Å². The topological polar surface area (TPSA) is 360 Å². The summed E-state index contributed by atoms with van der Waals surface area (Å²) in [5.74, 6) is -7.29. The van der Waals surface area contributed by atoms with Gasteiger partial charge in [-0.2, -0.15) is 0 Å². The average molecular weight is 864 g/mol. The predicted molar refractivity (Wildman–Crippen MR) is 217 cm³/mol. The summed E-state index contributed by atoms with van der Waals surface area (Å²) in [6.45, 7) is -1.62. The van der Waals surface area contributed by atoms with Gasteiger partial charge < -0.3 is 62.5 Å². The average Bonchev–Trinajstić information content (AvgIpc) is 3.71. The van der Waals surface area contributed by atoms with Crippen LogP contribution in [0.1, 0.15) is 38.5 Å². The lowest BCUT2D eigenvalue weighted by atomic mass is 9.94. The second-order valence-electron chi connectivity index (χ2n) is 14.0. The fourth-order valence-electron chi connectivity index (χ4n) is 6.02. The van der Waals surface area contributed by atoms with Gasteiger partial charge >= 0.3 is 29.8 Å². The molecule has 0 fully saturated rings. The monoisotopic (exact) mass is 863 g/mol. The molecule has 1 heterocycles. The third-order valence-corrected chi connectivity index (χ3v) is 9.03. The van der Waals surface area contributed by atoms with E-state index in [9.17, 15) is 53.7 Å². The summed E-state index contributed by atoms with van der Waals surface area (Å²) in [5.41, 5.74) is 0.857. The summed E-state index contributed by atoms with van der Waals surface area (Å²) in [6.07, 6.45) is 10.2. The van der Waals surface area contributed by atoms with Crippen molar-refractivity contribution in [2.75, 3.05) is 90.4 Å². The van der Waals surface area contributed by atoms with E-state index in [4.69, 9.17) is 15.6 Å². The zero-order valence-electron chi connectivity index (χ0n) is 33.8. The van der Waals surface area contributed by atoms with Crippen molar-refractivity contribution < 1.29 is 63.9 Å². The summed E-state index contributed by atoms with van der Waals surface area (Å²) < 4.78 is 0. The standard InChI is InChI=1S/C37H57N11O13/c38-18-26-17-25(6-7-27(26)39-9-4-10-41-37-42-11-12-43-37)35(59)44-19-28(36(60)61)45-29(49)5-2-1-3-8-40-30(50)20-47(22-32(53)54)15-13-46(21-31(51)52)14-16-48(23-33(55)56)24-34(57)58/h6,11-12,17-18,27-28,38-39H,1-5,7-10,13-16,19-24H2,(H,40,50)(H,44,59)(H,45,49)(H,51,52)(H,53,54)(H,55,56)(H,57,58)(H,60,61)(H2,41,42,43). The lowest BCUT2D eigenvalue weighted by Crippen LogP contribution is -2.48. The molecule has 1 aromatic heterocycles. The number of amides is 3. The Kier molecular flexibility index (Phi) is 23.6. The Bertz CT molecular complexity index is 1690. The van der Waals surface area contributed by atoms with Crippen LogP contribution in [0.2, 0.25) is 0 Å². The summed E-state index contributed by atoms with van der Waals surface area (Å²) in [4.78, 5) is 106. The third kappa shape index (κ3) is 22.6. The van der Waals surface area contributed by atoms with Crippen molar-refractivity contribution in [1.29, 1.82) is 5.41 Å². The quantitative estimate of drug-likeness (QED) is 0.0256. The van der Waals surface area contributed by atoms with Crippen LogP contribution in [0.25, 0.3) is 0 Å². The molecule has 0 radical (unpaired) electrons. The molecule has 1 aromatic rings. The largest absolute Gasteiger partial charge is 0.480 e. The Morgan fingerprint density at radius 2 is 1.36 bits per heavy atom. The van der Waals surface area contributed by atoms with Crippen molar-refractivity contribution in [2.45, 2.75) is 50.6 Å². The minimum atomic E-state index is -1.40.